The van der Waals surface area contributed by atoms with Crippen LogP contribution in [0.25, 0.3) is 0 Å². The van der Waals surface area contributed by atoms with Gasteiger partial charge in [0.1, 0.15) is 5.69 Å². The van der Waals surface area contributed by atoms with Crippen LogP contribution in [-0.4, -0.2) is 44.9 Å². The highest BCUT2D eigenvalue weighted by Gasteiger charge is 2.06. The summed E-state index contributed by atoms with van der Waals surface area (Å²) in [6.45, 7) is 2.25. The number of carbonyl (C=O) groups is 1. The second kappa shape index (κ2) is 9.23. The van der Waals surface area contributed by atoms with Gasteiger partial charge in [0.2, 0.25) is 0 Å². The van der Waals surface area contributed by atoms with Crippen LogP contribution in [0.4, 0.5) is 0 Å². The molecule has 6 heteroatoms. The second-order valence-electron chi connectivity index (χ2n) is 3.90. The zero-order chi connectivity index (χ0) is 14.8. The van der Waals surface area contributed by atoms with Crippen LogP contribution in [0.15, 0.2) is 18.3 Å². The van der Waals surface area contributed by atoms with E-state index in [9.17, 15) is 9.00 Å². The number of hydrogen-bond donors (Lipinski definition) is 2. The number of aromatic nitrogens is 1. The Balaban J connectivity index is 2.49. The maximum Gasteiger partial charge on any atom is 0.269 e. The Morgan fingerprint density at radius 1 is 1.50 bits per heavy atom. The normalized spacial score (nSPS) is 11.3. The lowest BCUT2D eigenvalue weighted by Crippen LogP contribution is -2.28. The van der Waals surface area contributed by atoms with Gasteiger partial charge in [-0.3, -0.25) is 9.00 Å². The number of aliphatic hydroxyl groups excluding tert-OH is 1. The van der Waals surface area contributed by atoms with E-state index in [2.05, 4.69) is 22.1 Å². The van der Waals surface area contributed by atoms with Crippen LogP contribution in [0, 0.1) is 11.8 Å². The third-order valence-electron chi connectivity index (χ3n) is 2.40. The van der Waals surface area contributed by atoms with E-state index in [1.807, 2.05) is 6.92 Å². The van der Waals surface area contributed by atoms with Crippen LogP contribution < -0.4 is 5.32 Å². The first-order valence-corrected chi connectivity index (χ1v) is 7.85. The zero-order valence-electron chi connectivity index (χ0n) is 11.4. The predicted molar refractivity (Wildman–Crippen MR) is 78.7 cm³/mol. The van der Waals surface area contributed by atoms with E-state index in [0.29, 0.717) is 35.7 Å². The summed E-state index contributed by atoms with van der Waals surface area (Å²) < 4.78 is 11.2. The Hall–Kier alpha value is -1.71. The van der Waals surface area contributed by atoms with E-state index >= 15 is 0 Å². The molecular formula is C14H18N2O3S. The molecule has 0 aliphatic carbocycles. The van der Waals surface area contributed by atoms with Gasteiger partial charge in [0.15, 0.2) is 0 Å². The first-order valence-electron chi connectivity index (χ1n) is 6.36. The minimum atomic E-state index is -0.882. The summed E-state index contributed by atoms with van der Waals surface area (Å²) in [4.78, 5) is 15.8. The average molecular weight is 294 g/mol. The number of aliphatic hydroxyl groups is 1. The van der Waals surface area contributed by atoms with Gasteiger partial charge in [-0.2, -0.15) is 0 Å². The quantitative estimate of drug-likeness (QED) is 0.740. The molecule has 2 N–H and O–H groups in total. The van der Waals surface area contributed by atoms with Gasteiger partial charge in [-0.25, -0.2) is 4.98 Å². The molecule has 1 rings (SSSR count). The van der Waals surface area contributed by atoms with Crippen molar-refractivity contribution in [2.24, 2.45) is 0 Å². The number of carbonyl (C=O) groups excluding carboxylic acids is 1. The first-order chi connectivity index (χ1) is 9.67. The Labute approximate surface area is 121 Å². The molecule has 1 aromatic heterocycles. The molecule has 1 amide bonds. The van der Waals surface area contributed by atoms with Crippen molar-refractivity contribution in [2.45, 2.75) is 13.3 Å². The van der Waals surface area contributed by atoms with Crippen molar-refractivity contribution in [3.63, 3.8) is 0 Å². The van der Waals surface area contributed by atoms with E-state index in [4.69, 9.17) is 5.11 Å². The number of pyridine rings is 1. The number of rotatable bonds is 6. The van der Waals surface area contributed by atoms with Crippen molar-refractivity contribution in [1.82, 2.24) is 10.3 Å². The minimum absolute atomic E-state index is 0.0278. The van der Waals surface area contributed by atoms with Crippen molar-refractivity contribution in [1.29, 1.82) is 0 Å². The number of nitrogens with one attached hydrogen (secondary N) is 1. The van der Waals surface area contributed by atoms with E-state index in [-0.39, 0.29) is 12.5 Å². The van der Waals surface area contributed by atoms with Gasteiger partial charge in [0.05, 0.1) is 6.61 Å². The molecule has 1 heterocycles. The van der Waals surface area contributed by atoms with Crippen LogP contribution in [0.1, 0.15) is 29.4 Å². The summed E-state index contributed by atoms with van der Waals surface area (Å²) in [6, 6.07) is 3.30. The first kappa shape index (κ1) is 16.3. The van der Waals surface area contributed by atoms with E-state index in [0.717, 1.165) is 0 Å². The van der Waals surface area contributed by atoms with Crippen LogP contribution in [0.5, 0.6) is 0 Å². The molecule has 0 saturated carbocycles. The smallest absolute Gasteiger partial charge is 0.269 e. The van der Waals surface area contributed by atoms with Crippen LogP contribution >= 0.6 is 0 Å². The van der Waals surface area contributed by atoms with Crippen molar-refractivity contribution in [3.8, 4) is 11.8 Å². The van der Waals surface area contributed by atoms with Crippen molar-refractivity contribution < 1.29 is 14.1 Å². The van der Waals surface area contributed by atoms with Gasteiger partial charge in [-0.15, -0.1) is 0 Å². The Morgan fingerprint density at radius 2 is 2.30 bits per heavy atom. The third-order valence-corrected chi connectivity index (χ3v) is 3.71. The molecular weight excluding hydrogens is 276 g/mol. The fourth-order valence-electron chi connectivity index (χ4n) is 1.34. The Kier molecular flexibility index (Phi) is 7.55. The predicted octanol–water partition coefficient (Wildman–Crippen LogP) is 0.314. The van der Waals surface area contributed by atoms with Crippen molar-refractivity contribution in [2.75, 3.05) is 24.7 Å². The number of amides is 1. The maximum atomic E-state index is 11.7. The maximum absolute atomic E-state index is 11.7. The molecule has 0 fully saturated rings. The molecule has 5 nitrogen and oxygen atoms in total. The molecule has 0 aromatic carbocycles. The van der Waals surface area contributed by atoms with E-state index < -0.39 is 10.8 Å². The van der Waals surface area contributed by atoms with Gasteiger partial charge in [0.25, 0.3) is 5.91 Å². The Morgan fingerprint density at radius 3 is 2.90 bits per heavy atom. The SMILES string of the molecule is CCS(=O)CCNC(=O)c1ccc(C#CCCO)cn1. The summed E-state index contributed by atoms with van der Waals surface area (Å²) in [5.74, 6) is 6.37. The zero-order valence-corrected chi connectivity index (χ0v) is 12.2. The van der Waals surface area contributed by atoms with Crippen molar-refractivity contribution >= 4 is 16.7 Å². The lowest BCUT2D eigenvalue weighted by Gasteiger charge is -2.03. The van der Waals surface area contributed by atoms with Gasteiger partial charge in [-0.1, -0.05) is 18.8 Å². The van der Waals surface area contributed by atoms with Gasteiger partial charge >= 0.3 is 0 Å². The molecule has 0 spiro atoms. The summed E-state index contributed by atoms with van der Waals surface area (Å²) in [5, 5.41) is 11.3. The standard InChI is InChI=1S/C14H18N2O3S/c1-2-20(19)10-8-15-14(18)13-7-6-12(11-16-13)5-3-4-9-17/h6-7,11,17H,2,4,8-10H2,1H3,(H,15,18). The highest BCUT2D eigenvalue weighted by atomic mass is 32.2. The summed E-state index contributed by atoms with van der Waals surface area (Å²) >= 11 is 0. The molecule has 1 atom stereocenters. The molecule has 0 saturated heterocycles. The van der Waals surface area contributed by atoms with Crippen LogP contribution in [-0.2, 0) is 10.8 Å². The number of hydrogen-bond acceptors (Lipinski definition) is 4. The fourth-order valence-corrected chi connectivity index (χ4v) is 1.95. The molecule has 0 radical (unpaired) electrons. The van der Waals surface area contributed by atoms with Crippen LogP contribution in [0.3, 0.4) is 0 Å². The summed E-state index contributed by atoms with van der Waals surface area (Å²) in [5.41, 5.74) is 1.00. The molecule has 0 aliphatic rings. The Bertz CT molecular complexity index is 517. The molecule has 1 aromatic rings. The van der Waals surface area contributed by atoms with Crippen molar-refractivity contribution in [3.05, 3.63) is 29.6 Å². The highest BCUT2D eigenvalue weighted by molar-refractivity contribution is 7.84. The third kappa shape index (κ3) is 5.95. The lowest BCUT2D eigenvalue weighted by molar-refractivity contribution is 0.0951. The second-order valence-corrected chi connectivity index (χ2v) is 5.76. The molecule has 0 bridgehead atoms. The minimum Gasteiger partial charge on any atom is -0.395 e. The highest BCUT2D eigenvalue weighted by Crippen LogP contribution is 1.99. The molecule has 0 aliphatic heterocycles. The summed E-state index contributed by atoms with van der Waals surface area (Å²) in [6.07, 6.45) is 1.93. The summed E-state index contributed by atoms with van der Waals surface area (Å²) in [7, 11) is -0.882. The molecule has 20 heavy (non-hydrogen) atoms. The average Bonchev–Trinajstić information content (AvgIpc) is 2.48. The monoisotopic (exact) mass is 294 g/mol. The molecule has 1 unspecified atom stereocenters. The van der Waals surface area contributed by atoms with Gasteiger partial charge < -0.3 is 10.4 Å². The van der Waals surface area contributed by atoms with Gasteiger partial charge in [-0.05, 0) is 12.1 Å². The van der Waals surface area contributed by atoms with Gasteiger partial charge in [0, 0.05) is 47.0 Å². The molecule has 108 valence electrons. The largest absolute Gasteiger partial charge is 0.395 e. The van der Waals surface area contributed by atoms with E-state index in [1.54, 1.807) is 12.1 Å². The van der Waals surface area contributed by atoms with E-state index in [1.165, 1.54) is 6.20 Å². The topological polar surface area (TPSA) is 79.3 Å². The van der Waals surface area contributed by atoms with Crippen LogP contribution in [0.2, 0.25) is 0 Å². The number of nitrogens with zero attached hydrogens (tertiary/aromatic N) is 1. The fraction of sp³-hybridized carbons (Fsp3) is 0.429. The lowest BCUT2D eigenvalue weighted by atomic mass is 10.2.